The van der Waals surface area contributed by atoms with E-state index >= 15 is 0 Å². The molecule has 0 fully saturated rings. The van der Waals surface area contributed by atoms with Gasteiger partial charge in [0.2, 0.25) is 0 Å². The third-order valence-corrected chi connectivity index (χ3v) is 8.69. The highest BCUT2D eigenvalue weighted by atomic mass is 14.3. The van der Waals surface area contributed by atoms with Crippen LogP contribution < -0.4 is 0 Å². The molecule has 0 aliphatic heterocycles. The largest absolute Gasteiger partial charge is 0.0622 e. The van der Waals surface area contributed by atoms with Crippen LogP contribution in [0.5, 0.6) is 0 Å². The second-order valence-electron chi connectivity index (χ2n) is 11.3. The normalized spacial score (nSPS) is 13.1. The van der Waals surface area contributed by atoms with Gasteiger partial charge in [-0.25, -0.2) is 0 Å². The third-order valence-electron chi connectivity index (χ3n) is 8.69. The molecule has 0 nitrogen and oxygen atoms in total. The lowest BCUT2D eigenvalue weighted by Crippen LogP contribution is -1.89. The Hall–Kier alpha value is -5.72. The van der Waals surface area contributed by atoms with Crippen molar-refractivity contribution in [2.45, 2.75) is 0 Å². The summed E-state index contributed by atoms with van der Waals surface area (Å²) in [5, 5.41) is 0. The Balaban J connectivity index is 1.21. The predicted octanol–water partition coefficient (Wildman–Crippen LogP) is 11.8. The van der Waals surface area contributed by atoms with E-state index in [1.54, 1.807) is 0 Å². The van der Waals surface area contributed by atoms with Crippen molar-refractivity contribution in [3.05, 3.63) is 199 Å². The van der Waals surface area contributed by atoms with E-state index in [-0.39, 0.29) is 0 Å². The fourth-order valence-electron chi connectivity index (χ4n) is 6.43. The zero-order chi connectivity index (χ0) is 29.3. The summed E-state index contributed by atoms with van der Waals surface area (Å²) in [6.45, 7) is 0. The van der Waals surface area contributed by atoms with Crippen LogP contribution in [-0.4, -0.2) is 0 Å². The van der Waals surface area contributed by atoms with E-state index in [9.17, 15) is 0 Å². The summed E-state index contributed by atoms with van der Waals surface area (Å²) < 4.78 is 0. The number of rotatable bonds is 4. The lowest BCUT2D eigenvalue weighted by atomic mass is 9.93. The second-order valence-corrected chi connectivity index (χ2v) is 11.3. The van der Waals surface area contributed by atoms with Gasteiger partial charge in [0.1, 0.15) is 0 Å². The molecule has 44 heavy (non-hydrogen) atoms. The molecule has 0 saturated heterocycles. The van der Waals surface area contributed by atoms with E-state index in [0.717, 1.165) is 0 Å². The first kappa shape index (κ1) is 25.9. The topological polar surface area (TPSA) is 0 Å². The van der Waals surface area contributed by atoms with E-state index < -0.39 is 0 Å². The molecule has 6 aromatic rings. The lowest BCUT2D eigenvalue weighted by Gasteiger charge is -2.11. The Kier molecular flexibility index (Phi) is 6.59. The molecule has 0 heteroatoms. The first-order valence-electron chi connectivity index (χ1n) is 15.2. The molecule has 6 aromatic carbocycles. The predicted molar refractivity (Wildman–Crippen MR) is 187 cm³/mol. The van der Waals surface area contributed by atoms with Crippen LogP contribution in [0, 0.1) is 0 Å². The molecule has 0 amide bonds. The molecule has 0 unspecified atom stereocenters. The van der Waals surface area contributed by atoms with Crippen LogP contribution in [0.2, 0.25) is 0 Å². The number of allylic oxidation sites excluding steroid dienone is 7. The summed E-state index contributed by atoms with van der Waals surface area (Å²) in [5.41, 5.74) is 17.5. The van der Waals surface area contributed by atoms with Gasteiger partial charge in [-0.15, -0.1) is 0 Å². The minimum Gasteiger partial charge on any atom is -0.0622 e. The van der Waals surface area contributed by atoms with E-state index in [0.29, 0.717) is 0 Å². The smallest absolute Gasteiger partial charge is 0.00259 e. The molecule has 0 atom stereocenters. The maximum absolute atomic E-state index is 2.38. The molecule has 0 bridgehead atoms. The zero-order valence-corrected chi connectivity index (χ0v) is 24.3. The van der Waals surface area contributed by atoms with Crippen molar-refractivity contribution in [2.75, 3.05) is 0 Å². The van der Waals surface area contributed by atoms with Crippen molar-refractivity contribution in [3.63, 3.8) is 0 Å². The summed E-state index contributed by atoms with van der Waals surface area (Å²) in [6, 6.07) is 52.9. The first-order valence-corrected chi connectivity index (χ1v) is 15.2. The molecule has 0 heterocycles. The highest BCUT2D eigenvalue weighted by Gasteiger charge is 2.26. The number of fused-ring (bicyclic) bond motifs is 3. The van der Waals surface area contributed by atoms with Crippen LogP contribution in [0.3, 0.4) is 0 Å². The third kappa shape index (κ3) is 4.77. The van der Waals surface area contributed by atoms with E-state index in [1.807, 2.05) is 0 Å². The van der Waals surface area contributed by atoms with E-state index in [2.05, 4.69) is 182 Å². The molecule has 0 N–H and O–H groups in total. The minimum atomic E-state index is 1.22. The highest BCUT2D eigenvalue weighted by Crippen LogP contribution is 2.48. The monoisotopic (exact) mass is 558 g/mol. The molecule has 0 radical (unpaired) electrons. The molecular weight excluding hydrogens is 528 g/mol. The van der Waals surface area contributed by atoms with Gasteiger partial charge in [0.25, 0.3) is 0 Å². The van der Waals surface area contributed by atoms with Crippen molar-refractivity contribution < 1.29 is 0 Å². The average Bonchev–Trinajstić information content (AvgIpc) is 3.21. The van der Waals surface area contributed by atoms with Gasteiger partial charge in [-0.3, -0.25) is 0 Å². The number of hydrogen-bond donors (Lipinski definition) is 0. The van der Waals surface area contributed by atoms with Gasteiger partial charge in [-0.1, -0.05) is 170 Å². The summed E-state index contributed by atoms with van der Waals surface area (Å²) in [7, 11) is 0. The average molecular weight is 559 g/mol. The van der Waals surface area contributed by atoms with Gasteiger partial charge in [0, 0.05) is 0 Å². The molecule has 206 valence electrons. The quantitative estimate of drug-likeness (QED) is 0.202. The fraction of sp³-hybridized carbons (Fsp3) is 0. The van der Waals surface area contributed by atoms with Crippen molar-refractivity contribution >= 4 is 5.57 Å². The summed E-state index contributed by atoms with van der Waals surface area (Å²) in [5.74, 6) is 0. The minimum absolute atomic E-state index is 1.22. The lowest BCUT2D eigenvalue weighted by molar-refractivity contribution is 1.57. The van der Waals surface area contributed by atoms with Crippen LogP contribution in [0.25, 0.3) is 61.2 Å². The summed E-state index contributed by atoms with van der Waals surface area (Å²) >= 11 is 0. The summed E-state index contributed by atoms with van der Waals surface area (Å²) in [4.78, 5) is 0. The molecule has 8 rings (SSSR count). The van der Waals surface area contributed by atoms with Crippen LogP contribution in [0.1, 0.15) is 11.1 Å². The summed E-state index contributed by atoms with van der Waals surface area (Å²) in [6.07, 6.45) is 12.9. The molecule has 0 aromatic heterocycles. The van der Waals surface area contributed by atoms with Gasteiger partial charge in [0.05, 0.1) is 0 Å². The Labute approximate surface area is 259 Å². The van der Waals surface area contributed by atoms with E-state index in [4.69, 9.17) is 0 Å². The van der Waals surface area contributed by atoms with Gasteiger partial charge >= 0.3 is 0 Å². The SMILES string of the molecule is C1=CC=CC(=C2c3cc(-c4ccc(-c5ccccc5)cc4)ccc3-c3ccc(-c4ccc(-c5ccccc5)cc4)cc32)C=C1. The van der Waals surface area contributed by atoms with Gasteiger partial charge in [-0.2, -0.15) is 0 Å². The molecule has 0 spiro atoms. The fourth-order valence-corrected chi connectivity index (χ4v) is 6.43. The Morgan fingerprint density at radius 3 is 1.00 bits per heavy atom. The van der Waals surface area contributed by atoms with Crippen molar-refractivity contribution in [2.24, 2.45) is 0 Å². The maximum atomic E-state index is 2.38. The Bertz CT molecular complexity index is 1950. The van der Waals surface area contributed by atoms with Gasteiger partial charge in [0.15, 0.2) is 0 Å². The van der Waals surface area contributed by atoms with Crippen molar-refractivity contribution in [1.82, 2.24) is 0 Å². The van der Waals surface area contributed by atoms with Gasteiger partial charge in [-0.05, 0) is 90.0 Å². The van der Waals surface area contributed by atoms with E-state index in [1.165, 1.54) is 77.9 Å². The Morgan fingerprint density at radius 2 is 0.591 bits per heavy atom. The number of benzene rings is 6. The van der Waals surface area contributed by atoms with Crippen LogP contribution in [0.15, 0.2) is 188 Å². The molecule has 0 saturated carbocycles. The zero-order valence-electron chi connectivity index (χ0n) is 24.3. The van der Waals surface area contributed by atoms with Crippen molar-refractivity contribution in [3.8, 4) is 55.6 Å². The highest BCUT2D eigenvalue weighted by molar-refractivity contribution is 6.05. The van der Waals surface area contributed by atoms with Crippen LogP contribution in [-0.2, 0) is 0 Å². The van der Waals surface area contributed by atoms with Crippen LogP contribution >= 0.6 is 0 Å². The van der Waals surface area contributed by atoms with Crippen LogP contribution in [0.4, 0.5) is 0 Å². The molecule has 2 aliphatic carbocycles. The molecular formula is C44H30. The standard InChI is InChI=1S/C44H30/c1-2-6-16-37(15-5-1)44-42-29-38(35-21-17-33(18-22-35)31-11-7-3-8-12-31)25-27-40(42)41-28-26-39(30-43(41)44)36-23-19-34(20-24-36)32-13-9-4-10-14-32/h1-30H. The first-order chi connectivity index (χ1) is 21.8. The Morgan fingerprint density at radius 1 is 0.250 bits per heavy atom. The molecule has 2 aliphatic rings. The number of hydrogen-bond acceptors (Lipinski definition) is 0. The van der Waals surface area contributed by atoms with Crippen molar-refractivity contribution in [1.29, 1.82) is 0 Å². The second kappa shape index (κ2) is 11.2. The van der Waals surface area contributed by atoms with Gasteiger partial charge < -0.3 is 0 Å². The maximum Gasteiger partial charge on any atom is -0.00259 e.